The summed E-state index contributed by atoms with van der Waals surface area (Å²) in [5, 5.41) is 3.67. The predicted octanol–water partition coefficient (Wildman–Crippen LogP) is 4.09. The summed E-state index contributed by atoms with van der Waals surface area (Å²) >= 11 is 0. The average molecular weight is 308 g/mol. The van der Waals surface area contributed by atoms with Crippen molar-refractivity contribution < 1.29 is 4.74 Å². The molecule has 21 heavy (non-hydrogen) atoms. The van der Waals surface area contributed by atoms with Crippen molar-refractivity contribution >= 4 is 12.4 Å². The van der Waals surface area contributed by atoms with E-state index in [1.54, 1.807) is 7.11 Å². The van der Waals surface area contributed by atoms with Gasteiger partial charge in [-0.15, -0.1) is 19.0 Å². The molecule has 0 aliphatic heterocycles. The Hall–Kier alpha value is -0.990. The number of nitrogens with one attached hydrogen (secondary N) is 1. The van der Waals surface area contributed by atoms with Crippen LogP contribution in [-0.4, -0.2) is 19.7 Å². The van der Waals surface area contributed by atoms with Gasteiger partial charge in [-0.2, -0.15) is 0 Å². The van der Waals surface area contributed by atoms with E-state index in [0.717, 1.165) is 24.6 Å². The van der Waals surface area contributed by atoms with Crippen LogP contribution >= 0.6 is 12.4 Å². The molecule has 2 aliphatic carbocycles. The average Bonchev–Trinajstić information content (AvgIpc) is 3.29. The van der Waals surface area contributed by atoms with Crippen LogP contribution < -0.4 is 10.1 Å². The number of methoxy groups -OCH3 is 1. The molecule has 1 aromatic rings. The molecule has 1 N–H and O–H groups in total. The number of aryl methyl sites for hydroxylation is 1. The summed E-state index contributed by atoms with van der Waals surface area (Å²) < 4.78 is 5.65. The Kier molecular flexibility index (Phi) is 5.72. The molecule has 1 saturated carbocycles. The molecule has 0 radical (unpaired) electrons. The number of benzene rings is 1. The Morgan fingerprint density at radius 1 is 1.33 bits per heavy atom. The summed E-state index contributed by atoms with van der Waals surface area (Å²) in [6.07, 6.45) is 8.48. The van der Waals surface area contributed by atoms with Crippen LogP contribution in [0.4, 0.5) is 0 Å². The minimum Gasteiger partial charge on any atom is -0.496 e. The summed E-state index contributed by atoms with van der Waals surface area (Å²) in [4.78, 5) is 0. The van der Waals surface area contributed by atoms with Crippen LogP contribution in [0.1, 0.15) is 42.7 Å². The Labute approximate surface area is 134 Å². The molecule has 0 aromatic heterocycles. The van der Waals surface area contributed by atoms with Gasteiger partial charge >= 0.3 is 0 Å². The van der Waals surface area contributed by atoms with E-state index in [0.29, 0.717) is 12.0 Å². The number of fused-ring (bicyclic) bond motifs is 1. The molecule has 116 valence electrons. The van der Waals surface area contributed by atoms with Gasteiger partial charge in [0.1, 0.15) is 5.75 Å². The summed E-state index contributed by atoms with van der Waals surface area (Å²) in [6, 6.07) is 7.09. The molecule has 2 atom stereocenters. The van der Waals surface area contributed by atoms with Gasteiger partial charge in [-0.1, -0.05) is 31.1 Å². The van der Waals surface area contributed by atoms with Crippen molar-refractivity contribution in [2.24, 2.45) is 5.92 Å². The fourth-order valence-corrected chi connectivity index (χ4v) is 3.59. The van der Waals surface area contributed by atoms with E-state index in [1.165, 1.54) is 36.8 Å². The minimum atomic E-state index is 0. The maximum atomic E-state index is 5.65. The molecule has 2 nitrogen and oxygen atoms in total. The normalized spacial score (nSPS) is 23.9. The SMILES string of the molecule is C=CCN[C@H]1CCc2cccc(OC)c2[C@@H]1CC1CC1.Cl. The number of halogens is 1. The second kappa shape index (κ2) is 7.33. The number of ether oxygens (including phenoxy) is 1. The molecule has 2 aliphatic rings. The first-order chi connectivity index (χ1) is 9.83. The van der Waals surface area contributed by atoms with Gasteiger partial charge in [0.15, 0.2) is 0 Å². The Morgan fingerprint density at radius 2 is 2.14 bits per heavy atom. The van der Waals surface area contributed by atoms with Crippen molar-refractivity contribution in [2.75, 3.05) is 13.7 Å². The van der Waals surface area contributed by atoms with E-state index >= 15 is 0 Å². The number of rotatable bonds is 6. The standard InChI is InChI=1S/C18H25NO.ClH/c1-3-11-19-16-10-9-14-5-4-6-17(20-2)18(14)15(16)12-13-7-8-13;/h3-6,13,15-16,19H,1,7-12H2,2H3;1H/t15-,16+;/m1./s1. The van der Waals surface area contributed by atoms with Crippen LogP contribution in [-0.2, 0) is 6.42 Å². The lowest BCUT2D eigenvalue weighted by Crippen LogP contribution is -2.39. The highest BCUT2D eigenvalue weighted by Crippen LogP contribution is 2.46. The van der Waals surface area contributed by atoms with E-state index < -0.39 is 0 Å². The van der Waals surface area contributed by atoms with E-state index in [4.69, 9.17) is 4.74 Å². The lowest BCUT2D eigenvalue weighted by molar-refractivity contribution is 0.347. The van der Waals surface area contributed by atoms with Crippen LogP contribution in [0, 0.1) is 5.92 Å². The van der Waals surface area contributed by atoms with Gasteiger partial charge in [0, 0.05) is 24.1 Å². The van der Waals surface area contributed by atoms with Gasteiger partial charge in [0.25, 0.3) is 0 Å². The monoisotopic (exact) mass is 307 g/mol. The zero-order valence-electron chi connectivity index (χ0n) is 12.8. The second-order valence-corrected chi connectivity index (χ2v) is 6.16. The highest BCUT2D eigenvalue weighted by atomic mass is 35.5. The largest absolute Gasteiger partial charge is 0.496 e. The topological polar surface area (TPSA) is 21.3 Å². The number of hydrogen-bond acceptors (Lipinski definition) is 2. The summed E-state index contributed by atoms with van der Waals surface area (Å²) in [7, 11) is 1.80. The van der Waals surface area contributed by atoms with Crippen molar-refractivity contribution in [2.45, 2.75) is 44.1 Å². The van der Waals surface area contributed by atoms with Crippen LogP contribution in [0.3, 0.4) is 0 Å². The van der Waals surface area contributed by atoms with Crippen molar-refractivity contribution in [3.63, 3.8) is 0 Å². The van der Waals surface area contributed by atoms with Gasteiger partial charge in [0.2, 0.25) is 0 Å². The molecule has 0 heterocycles. The third kappa shape index (κ3) is 3.61. The van der Waals surface area contributed by atoms with Gasteiger partial charge < -0.3 is 10.1 Å². The molecule has 0 spiro atoms. The lowest BCUT2D eigenvalue weighted by atomic mass is 9.76. The van der Waals surface area contributed by atoms with Crippen LogP contribution in [0.2, 0.25) is 0 Å². The molecule has 1 fully saturated rings. The molecule has 1 aromatic carbocycles. The van der Waals surface area contributed by atoms with Crippen LogP contribution in [0.15, 0.2) is 30.9 Å². The first-order valence-corrected chi connectivity index (χ1v) is 7.83. The van der Waals surface area contributed by atoms with Crippen LogP contribution in [0.5, 0.6) is 5.75 Å². The molecular formula is C18H26ClNO. The zero-order chi connectivity index (χ0) is 13.9. The summed E-state index contributed by atoms with van der Waals surface area (Å²) in [5.41, 5.74) is 2.96. The Morgan fingerprint density at radius 3 is 2.81 bits per heavy atom. The first-order valence-electron chi connectivity index (χ1n) is 7.83. The number of hydrogen-bond donors (Lipinski definition) is 1. The van der Waals surface area contributed by atoms with Crippen molar-refractivity contribution in [1.82, 2.24) is 5.32 Å². The van der Waals surface area contributed by atoms with Gasteiger partial charge in [-0.05, 0) is 36.8 Å². The molecular weight excluding hydrogens is 282 g/mol. The molecule has 0 bridgehead atoms. The van der Waals surface area contributed by atoms with Gasteiger partial charge in [-0.3, -0.25) is 0 Å². The molecule has 0 saturated heterocycles. The van der Waals surface area contributed by atoms with Crippen molar-refractivity contribution in [3.8, 4) is 5.75 Å². The Balaban J connectivity index is 0.00000161. The lowest BCUT2D eigenvalue weighted by Gasteiger charge is -2.35. The summed E-state index contributed by atoms with van der Waals surface area (Å²) in [6.45, 7) is 4.73. The third-order valence-electron chi connectivity index (χ3n) is 4.77. The molecule has 3 rings (SSSR count). The van der Waals surface area contributed by atoms with E-state index in [2.05, 4.69) is 30.1 Å². The van der Waals surface area contributed by atoms with E-state index in [-0.39, 0.29) is 12.4 Å². The minimum absolute atomic E-state index is 0. The summed E-state index contributed by atoms with van der Waals surface area (Å²) in [5.74, 6) is 2.62. The van der Waals surface area contributed by atoms with Gasteiger partial charge in [0.05, 0.1) is 7.11 Å². The van der Waals surface area contributed by atoms with Gasteiger partial charge in [-0.25, -0.2) is 0 Å². The highest BCUT2D eigenvalue weighted by molar-refractivity contribution is 5.85. The van der Waals surface area contributed by atoms with E-state index in [9.17, 15) is 0 Å². The molecule has 0 amide bonds. The smallest absolute Gasteiger partial charge is 0.122 e. The fourth-order valence-electron chi connectivity index (χ4n) is 3.59. The highest BCUT2D eigenvalue weighted by Gasteiger charge is 2.35. The zero-order valence-corrected chi connectivity index (χ0v) is 13.6. The van der Waals surface area contributed by atoms with Crippen molar-refractivity contribution in [1.29, 1.82) is 0 Å². The maximum absolute atomic E-state index is 5.65. The fraction of sp³-hybridized carbons (Fsp3) is 0.556. The second-order valence-electron chi connectivity index (χ2n) is 6.16. The quantitative estimate of drug-likeness (QED) is 0.799. The van der Waals surface area contributed by atoms with Crippen molar-refractivity contribution in [3.05, 3.63) is 42.0 Å². The van der Waals surface area contributed by atoms with E-state index in [1.807, 2.05) is 6.08 Å². The Bertz CT molecular complexity index is 470. The maximum Gasteiger partial charge on any atom is 0.122 e. The molecule has 0 unspecified atom stereocenters. The van der Waals surface area contributed by atoms with Crippen LogP contribution in [0.25, 0.3) is 0 Å². The first kappa shape index (κ1) is 16.4. The predicted molar refractivity (Wildman–Crippen MR) is 90.6 cm³/mol. The third-order valence-corrected chi connectivity index (χ3v) is 4.77. The molecule has 3 heteroatoms.